The molecule has 7 heteroatoms. The summed E-state index contributed by atoms with van der Waals surface area (Å²) >= 11 is 0. The molecule has 2 heterocycles. The second-order valence-electron chi connectivity index (χ2n) is 7.00. The lowest BCUT2D eigenvalue weighted by Crippen LogP contribution is -2.48. The molecule has 7 nitrogen and oxygen atoms in total. The zero-order valence-electron chi connectivity index (χ0n) is 15.1. The number of nitro groups is 1. The van der Waals surface area contributed by atoms with Gasteiger partial charge >= 0.3 is 5.69 Å². The molecule has 0 amide bonds. The Labute approximate surface area is 148 Å². The standard InChI is InChI=1S/C18H28N4O3/c1-13-15(3-4-17(22(23)24)18(13)25-2)16-11-20-6-5-14(16)12-21-9-7-19-8-10-21/h3-4,14,16,19-20H,5-12H2,1-2H3. The van der Waals surface area contributed by atoms with Gasteiger partial charge in [-0.2, -0.15) is 0 Å². The normalized spacial score (nSPS) is 24.9. The number of nitrogens with one attached hydrogen (secondary N) is 2. The van der Waals surface area contributed by atoms with Gasteiger partial charge in [0.2, 0.25) is 0 Å². The van der Waals surface area contributed by atoms with Crippen molar-refractivity contribution in [3.63, 3.8) is 0 Å². The highest BCUT2D eigenvalue weighted by Gasteiger charge is 2.31. The molecule has 0 bridgehead atoms. The summed E-state index contributed by atoms with van der Waals surface area (Å²) in [6, 6.07) is 3.52. The molecule has 2 unspecified atom stereocenters. The van der Waals surface area contributed by atoms with Crippen molar-refractivity contribution in [2.75, 3.05) is 52.9 Å². The van der Waals surface area contributed by atoms with Crippen LogP contribution in [0.2, 0.25) is 0 Å². The first-order valence-corrected chi connectivity index (χ1v) is 9.07. The number of nitro benzene ring substituents is 1. The van der Waals surface area contributed by atoms with Gasteiger partial charge in [-0.3, -0.25) is 10.1 Å². The first-order valence-electron chi connectivity index (χ1n) is 9.07. The van der Waals surface area contributed by atoms with Gasteiger partial charge in [0.05, 0.1) is 12.0 Å². The van der Waals surface area contributed by atoms with Gasteiger partial charge in [-0.05, 0) is 31.4 Å². The number of nitrogens with zero attached hydrogens (tertiary/aromatic N) is 2. The largest absolute Gasteiger partial charge is 0.490 e. The maximum absolute atomic E-state index is 11.2. The number of piperazine rings is 1. The molecule has 1 aromatic carbocycles. The molecule has 2 saturated heterocycles. The average molecular weight is 348 g/mol. The summed E-state index contributed by atoms with van der Waals surface area (Å²) in [7, 11) is 1.51. The Morgan fingerprint density at radius 3 is 2.72 bits per heavy atom. The van der Waals surface area contributed by atoms with E-state index in [0.717, 1.165) is 57.8 Å². The number of methoxy groups -OCH3 is 1. The number of ether oxygens (including phenoxy) is 1. The molecule has 2 aliphatic rings. The molecule has 3 rings (SSSR count). The summed E-state index contributed by atoms with van der Waals surface area (Å²) in [5.41, 5.74) is 2.12. The van der Waals surface area contributed by atoms with Crippen molar-refractivity contribution in [3.8, 4) is 5.75 Å². The Morgan fingerprint density at radius 1 is 1.28 bits per heavy atom. The van der Waals surface area contributed by atoms with Crippen molar-refractivity contribution in [3.05, 3.63) is 33.4 Å². The molecule has 138 valence electrons. The van der Waals surface area contributed by atoms with Crippen LogP contribution < -0.4 is 15.4 Å². The molecule has 2 N–H and O–H groups in total. The Bertz CT molecular complexity index is 617. The van der Waals surface area contributed by atoms with E-state index in [9.17, 15) is 10.1 Å². The van der Waals surface area contributed by atoms with Crippen LogP contribution >= 0.6 is 0 Å². The highest BCUT2D eigenvalue weighted by atomic mass is 16.6. The van der Waals surface area contributed by atoms with Crippen LogP contribution in [0.5, 0.6) is 5.75 Å². The van der Waals surface area contributed by atoms with Crippen LogP contribution in [0.1, 0.15) is 23.5 Å². The minimum absolute atomic E-state index is 0.0474. The summed E-state index contributed by atoms with van der Waals surface area (Å²) in [4.78, 5) is 13.4. The van der Waals surface area contributed by atoms with Crippen molar-refractivity contribution in [1.29, 1.82) is 0 Å². The third kappa shape index (κ3) is 3.94. The molecule has 0 saturated carbocycles. The lowest BCUT2D eigenvalue weighted by molar-refractivity contribution is -0.385. The lowest BCUT2D eigenvalue weighted by Gasteiger charge is -2.38. The molecule has 1 aromatic rings. The number of piperidine rings is 1. The van der Waals surface area contributed by atoms with Crippen molar-refractivity contribution in [2.45, 2.75) is 19.3 Å². The second kappa shape index (κ2) is 8.12. The van der Waals surface area contributed by atoms with E-state index in [0.29, 0.717) is 17.6 Å². The monoisotopic (exact) mass is 348 g/mol. The van der Waals surface area contributed by atoms with Crippen LogP contribution in [-0.4, -0.2) is 62.7 Å². The predicted octanol–water partition coefficient (Wildman–Crippen LogP) is 1.51. The zero-order valence-corrected chi connectivity index (χ0v) is 15.1. The smallest absolute Gasteiger partial charge is 0.311 e. The Balaban J connectivity index is 1.85. The van der Waals surface area contributed by atoms with Gasteiger partial charge in [0, 0.05) is 56.8 Å². The highest BCUT2D eigenvalue weighted by molar-refractivity contribution is 5.55. The summed E-state index contributed by atoms with van der Waals surface area (Å²) in [5, 5.41) is 18.1. The van der Waals surface area contributed by atoms with Gasteiger partial charge in [-0.1, -0.05) is 6.07 Å². The molecule has 0 radical (unpaired) electrons. The van der Waals surface area contributed by atoms with Crippen LogP contribution in [0.25, 0.3) is 0 Å². The zero-order chi connectivity index (χ0) is 17.8. The van der Waals surface area contributed by atoms with Crippen LogP contribution in [0.4, 0.5) is 5.69 Å². The SMILES string of the molecule is COc1c([N+](=O)[O-])ccc(C2CNCCC2CN2CCNCC2)c1C. The maximum Gasteiger partial charge on any atom is 0.311 e. The molecule has 0 aromatic heterocycles. The van der Waals surface area contributed by atoms with Crippen LogP contribution in [0.3, 0.4) is 0 Å². The van der Waals surface area contributed by atoms with Gasteiger partial charge in [0.1, 0.15) is 0 Å². The number of hydrogen-bond acceptors (Lipinski definition) is 6. The fourth-order valence-corrected chi connectivity index (χ4v) is 4.22. The van der Waals surface area contributed by atoms with Gasteiger partial charge in [-0.25, -0.2) is 0 Å². The van der Waals surface area contributed by atoms with Gasteiger partial charge < -0.3 is 20.3 Å². The predicted molar refractivity (Wildman–Crippen MR) is 97.4 cm³/mol. The van der Waals surface area contributed by atoms with Gasteiger partial charge in [0.15, 0.2) is 5.75 Å². The summed E-state index contributed by atoms with van der Waals surface area (Å²) in [6.07, 6.45) is 1.13. The summed E-state index contributed by atoms with van der Waals surface area (Å²) in [6.45, 7) is 9.29. The summed E-state index contributed by atoms with van der Waals surface area (Å²) < 4.78 is 5.37. The Kier molecular flexibility index (Phi) is 5.88. The quantitative estimate of drug-likeness (QED) is 0.620. The molecule has 0 spiro atoms. The first kappa shape index (κ1) is 18.1. The molecule has 2 atom stereocenters. The fourth-order valence-electron chi connectivity index (χ4n) is 4.22. The van der Waals surface area contributed by atoms with E-state index < -0.39 is 0 Å². The minimum Gasteiger partial charge on any atom is -0.490 e. The number of rotatable bonds is 5. The summed E-state index contributed by atoms with van der Waals surface area (Å²) in [5.74, 6) is 1.32. The molecule has 2 aliphatic heterocycles. The van der Waals surface area contributed by atoms with E-state index in [1.165, 1.54) is 12.7 Å². The van der Waals surface area contributed by atoms with E-state index in [1.54, 1.807) is 6.07 Å². The van der Waals surface area contributed by atoms with E-state index in [4.69, 9.17) is 4.74 Å². The topological polar surface area (TPSA) is 79.7 Å². The Morgan fingerprint density at radius 2 is 2.04 bits per heavy atom. The minimum atomic E-state index is -0.368. The van der Waals surface area contributed by atoms with E-state index >= 15 is 0 Å². The molecular weight excluding hydrogens is 320 g/mol. The third-order valence-electron chi connectivity index (χ3n) is 5.55. The molecule has 25 heavy (non-hydrogen) atoms. The van der Waals surface area contributed by atoms with Crippen molar-refractivity contribution >= 4 is 5.69 Å². The number of benzene rings is 1. The third-order valence-corrected chi connectivity index (χ3v) is 5.55. The van der Waals surface area contributed by atoms with E-state index in [1.807, 2.05) is 13.0 Å². The second-order valence-corrected chi connectivity index (χ2v) is 7.00. The first-order chi connectivity index (χ1) is 12.1. The van der Waals surface area contributed by atoms with Crippen molar-refractivity contribution < 1.29 is 9.66 Å². The van der Waals surface area contributed by atoms with E-state index in [-0.39, 0.29) is 10.6 Å². The Hall–Kier alpha value is -1.70. The van der Waals surface area contributed by atoms with Crippen molar-refractivity contribution in [1.82, 2.24) is 15.5 Å². The molecule has 2 fully saturated rings. The molecule has 0 aliphatic carbocycles. The average Bonchev–Trinajstić information content (AvgIpc) is 2.63. The number of hydrogen-bond donors (Lipinski definition) is 2. The van der Waals surface area contributed by atoms with Gasteiger partial charge in [-0.15, -0.1) is 0 Å². The van der Waals surface area contributed by atoms with Crippen LogP contribution in [0, 0.1) is 23.0 Å². The van der Waals surface area contributed by atoms with Crippen molar-refractivity contribution in [2.24, 2.45) is 5.92 Å². The fraction of sp³-hybridized carbons (Fsp3) is 0.667. The lowest BCUT2D eigenvalue weighted by atomic mass is 9.79. The van der Waals surface area contributed by atoms with E-state index in [2.05, 4.69) is 15.5 Å². The van der Waals surface area contributed by atoms with Crippen LogP contribution in [0.15, 0.2) is 12.1 Å². The molecular formula is C18H28N4O3. The highest BCUT2D eigenvalue weighted by Crippen LogP contribution is 2.39. The maximum atomic E-state index is 11.2. The van der Waals surface area contributed by atoms with Gasteiger partial charge in [0.25, 0.3) is 0 Å². The van der Waals surface area contributed by atoms with Crippen LogP contribution in [-0.2, 0) is 0 Å².